The number of carbonyl (C=O) groups is 2. The minimum atomic E-state index is -0.452. The van der Waals surface area contributed by atoms with Crippen LogP contribution in [0.2, 0.25) is 0 Å². The molecule has 150 valence electrons. The molecule has 29 heavy (non-hydrogen) atoms. The molecule has 0 aliphatic heterocycles. The van der Waals surface area contributed by atoms with Gasteiger partial charge in [-0.25, -0.2) is 0 Å². The van der Waals surface area contributed by atoms with Gasteiger partial charge in [0.15, 0.2) is 11.5 Å². The Bertz CT molecular complexity index is 926. The lowest BCUT2D eigenvalue weighted by Crippen LogP contribution is -2.39. The highest BCUT2D eigenvalue weighted by molar-refractivity contribution is 5.95. The van der Waals surface area contributed by atoms with Crippen LogP contribution in [0.1, 0.15) is 16.1 Å². The van der Waals surface area contributed by atoms with Gasteiger partial charge in [0.2, 0.25) is 5.91 Å². The molecular formula is C22H24N4O3. The van der Waals surface area contributed by atoms with E-state index in [1.54, 1.807) is 6.07 Å². The van der Waals surface area contributed by atoms with Crippen LogP contribution in [-0.4, -0.2) is 48.6 Å². The molecule has 2 amide bonds. The lowest BCUT2D eigenvalue weighted by molar-refractivity contribution is -0.120. The van der Waals surface area contributed by atoms with Crippen LogP contribution < -0.4 is 10.6 Å². The van der Waals surface area contributed by atoms with Gasteiger partial charge in [-0.15, -0.1) is 0 Å². The Morgan fingerprint density at radius 2 is 1.69 bits per heavy atom. The fraction of sp³-hybridized carbons (Fsp3) is 0.227. The zero-order chi connectivity index (χ0) is 20.5. The molecule has 0 radical (unpaired) electrons. The van der Waals surface area contributed by atoms with Gasteiger partial charge in [0.05, 0.1) is 6.54 Å². The summed E-state index contributed by atoms with van der Waals surface area (Å²) in [7, 11) is 2.00. The van der Waals surface area contributed by atoms with Crippen molar-refractivity contribution < 1.29 is 14.1 Å². The van der Waals surface area contributed by atoms with Gasteiger partial charge in [-0.1, -0.05) is 65.8 Å². The molecule has 0 unspecified atom stereocenters. The van der Waals surface area contributed by atoms with Gasteiger partial charge in [0.25, 0.3) is 5.91 Å². The number of hydrogen-bond donors (Lipinski definition) is 2. The number of nitrogens with one attached hydrogen (secondary N) is 2. The quantitative estimate of drug-likeness (QED) is 0.584. The predicted octanol–water partition coefficient (Wildman–Crippen LogP) is 2.32. The van der Waals surface area contributed by atoms with Crippen molar-refractivity contribution >= 4 is 11.8 Å². The highest BCUT2D eigenvalue weighted by Gasteiger charge is 2.14. The third-order valence-electron chi connectivity index (χ3n) is 4.32. The molecular weight excluding hydrogens is 368 g/mol. The zero-order valence-electron chi connectivity index (χ0n) is 16.3. The number of rotatable bonds is 9. The molecule has 0 fully saturated rings. The highest BCUT2D eigenvalue weighted by atomic mass is 16.5. The van der Waals surface area contributed by atoms with Gasteiger partial charge in [-0.3, -0.25) is 9.59 Å². The molecule has 0 bridgehead atoms. The third-order valence-corrected chi connectivity index (χ3v) is 4.32. The van der Waals surface area contributed by atoms with Crippen molar-refractivity contribution in [3.63, 3.8) is 0 Å². The minimum absolute atomic E-state index is 0.116. The van der Waals surface area contributed by atoms with Gasteiger partial charge >= 0.3 is 0 Å². The maximum absolute atomic E-state index is 12.2. The van der Waals surface area contributed by atoms with E-state index in [1.807, 2.05) is 55.6 Å². The molecule has 2 aromatic carbocycles. The van der Waals surface area contributed by atoms with Crippen molar-refractivity contribution in [1.82, 2.24) is 20.7 Å². The third kappa shape index (κ3) is 6.29. The van der Waals surface area contributed by atoms with Crippen LogP contribution in [0.5, 0.6) is 0 Å². The molecule has 0 saturated heterocycles. The summed E-state index contributed by atoms with van der Waals surface area (Å²) in [4.78, 5) is 26.2. The summed E-state index contributed by atoms with van der Waals surface area (Å²) in [5.74, 6) is -0.202. The van der Waals surface area contributed by atoms with E-state index in [2.05, 4.69) is 32.8 Å². The number of aromatic nitrogens is 1. The van der Waals surface area contributed by atoms with Crippen LogP contribution in [0.15, 0.2) is 71.3 Å². The molecule has 1 aromatic heterocycles. The molecule has 0 aliphatic carbocycles. The number of hydrogen-bond acceptors (Lipinski definition) is 5. The van der Waals surface area contributed by atoms with Gasteiger partial charge < -0.3 is 20.1 Å². The number of benzene rings is 2. The van der Waals surface area contributed by atoms with Crippen molar-refractivity contribution in [3.05, 3.63) is 78.0 Å². The second-order valence-corrected chi connectivity index (χ2v) is 6.70. The largest absolute Gasteiger partial charge is 0.355 e. The summed E-state index contributed by atoms with van der Waals surface area (Å²) in [5.41, 5.74) is 2.19. The maximum Gasteiger partial charge on any atom is 0.273 e. The maximum atomic E-state index is 12.2. The first-order valence-corrected chi connectivity index (χ1v) is 9.41. The van der Waals surface area contributed by atoms with Gasteiger partial charge in [0.1, 0.15) is 0 Å². The van der Waals surface area contributed by atoms with E-state index < -0.39 is 5.91 Å². The van der Waals surface area contributed by atoms with E-state index in [4.69, 9.17) is 4.52 Å². The molecule has 7 heteroatoms. The Labute approximate surface area is 169 Å². The monoisotopic (exact) mass is 392 g/mol. The first-order chi connectivity index (χ1) is 14.1. The topological polar surface area (TPSA) is 87.5 Å². The average Bonchev–Trinajstić information content (AvgIpc) is 3.24. The van der Waals surface area contributed by atoms with Crippen LogP contribution in [0.3, 0.4) is 0 Å². The Hall–Kier alpha value is -3.45. The van der Waals surface area contributed by atoms with Crippen molar-refractivity contribution in [3.8, 4) is 11.3 Å². The average molecular weight is 392 g/mol. The zero-order valence-corrected chi connectivity index (χ0v) is 16.3. The van der Waals surface area contributed by atoms with Gasteiger partial charge in [0, 0.05) is 31.3 Å². The summed E-state index contributed by atoms with van der Waals surface area (Å²) < 4.78 is 5.20. The van der Waals surface area contributed by atoms with Crippen molar-refractivity contribution in [2.45, 2.75) is 6.54 Å². The molecule has 3 rings (SSSR count). The lowest BCUT2D eigenvalue weighted by Gasteiger charge is -2.17. The van der Waals surface area contributed by atoms with E-state index in [0.717, 1.165) is 12.1 Å². The number of carbonyl (C=O) groups excluding carboxylic acids is 2. The van der Waals surface area contributed by atoms with Crippen LogP contribution >= 0.6 is 0 Å². The number of amides is 2. The molecule has 2 N–H and O–H groups in total. The minimum Gasteiger partial charge on any atom is -0.355 e. The van der Waals surface area contributed by atoms with Gasteiger partial charge in [-0.05, 0) is 12.6 Å². The summed E-state index contributed by atoms with van der Waals surface area (Å²) in [5, 5.41) is 9.12. The van der Waals surface area contributed by atoms with Crippen LogP contribution in [0.25, 0.3) is 11.3 Å². The molecule has 0 saturated carbocycles. The summed E-state index contributed by atoms with van der Waals surface area (Å²) in [6.07, 6.45) is 0. The Morgan fingerprint density at radius 1 is 1.00 bits per heavy atom. The molecule has 7 nitrogen and oxygen atoms in total. The first-order valence-electron chi connectivity index (χ1n) is 9.41. The Balaban J connectivity index is 1.37. The Morgan fingerprint density at radius 3 is 2.41 bits per heavy atom. The van der Waals surface area contributed by atoms with Crippen molar-refractivity contribution in [2.24, 2.45) is 0 Å². The van der Waals surface area contributed by atoms with Gasteiger partial charge in [-0.2, -0.15) is 0 Å². The highest BCUT2D eigenvalue weighted by Crippen LogP contribution is 2.19. The lowest BCUT2D eigenvalue weighted by atomic mass is 10.1. The number of likely N-dealkylation sites (N-methyl/N-ethyl adjacent to an activating group) is 1. The molecule has 0 aliphatic rings. The van der Waals surface area contributed by atoms with Crippen molar-refractivity contribution in [1.29, 1.82) is 0 Å². The second kappa shape index (κ2) is 10.2. The summed E-state index contributed by atoms with van der Waals surface area (Å²) in [6, 6.07) is 21.1. The smallest absolute Gasteiger partial charge is 0.273 e. The predicted molar refractivity (Wildman–Crippen MR) is 110 cm³/mol. The van der Waals surface area contributed by atoms with Crippen molar-refractivity contribution in [2.75, 3.05) is 26.7 Å². The molecule has 0 atom stereocenters. The summed E-state index contributed by atoms with van der Waals surface area (Å²) >= 11 is 0. The van der Waals surface area contributed by atoms with E-state index in [9.17, 15) is 9.59 Å². The SMILES string of the molecule is CN(CCNC(=O)CNC(=O)c1cc(-c2ccccc2)on1)Cc1ccccc1. The molecule has 0 spiro atoms. The van der Waals surface area contributed by atoms with E-state index >= 15 is 0 Å². The van der Waals surface area contributed by atoms with E-state index in [0.29, 0.717) is 18.8 Å². The van der Waals surface area contributed by atoms with Crippen LogP contribution in [-0.2, 0) is 11.3 Å². The molecule has 1 heterocycles. The summed E-state index contributed by atoms with van der Waals surface area (Å²) in [6.45, 7) is 1.90. The Kier molecular flexibility index (Phi) is 7.13. The fourth-order valence-corrected chi connectivity index (χ4v) is 2.79. The standard InChI is InChI=1S/C22H24N4O3/c1-26(16-17-8-4-2-5-9-17)13-12-23-21(27)15-24-22(28)19-14-20(29-25-19)18-10-6-3-7-11-18/h2-11,14H,12-13,15-16H2,1H3,(H,23,27)(H,24,28). The second-order valence-electron chi connectivity index (χ2n) is 6.70. The number of nitrogens with zero attached hydrogens (tertiary/aromatic N) is 2. The molecule has 3 aromatic rings. The van der Waals surface area contributed by atoms with Crippen LogP contribution in [0, 0.1) is 0 Å². The van der Waals surface area contributed by atoms with E-state index in [-0.39, 0.29) is 18.1 Å². The normalized spacial score (nSPS) is 10.7. The van der Waals surface area contributed by atoms with E-state index in [1.165, 1.54) is 5.56 Å². The van der Waals surface area contributed by atoms with Crippen LogP contribution in [0.4, 0.5) is 0 Å². The first kappa shape index (κ1) is 20.3. The fourth-order valence-electron chi connectivity index (χ4n) is 2.79.